The molecule has 9 heteroatoms. The summed E-state index contributed by atoms with van der Waals surface area (Å²) in [5.74, 6) is 0.0104. The molecule has 3 aliphatic rings. The van der Waals surface area contributed by atoms with Crippen molar-refractivity contribution in [3.63, 3.8) is 0 Å². The molecule has 1 N–H and O–H groups in total. The van der Waals surface area contributed by atoms with Gasteiger partial charge < -0.3 is 4.74 Å². The van der Waals surface area contributed by atoms with Crippen molar-refractivity contribution >= 4 is 28.9 Å². The minimum atomic E-state index is -0.554. The van der Waals surface area contributed by atoms with E-state index in [2.05, 4.69) is 31.3 Å². The van der Waals surface area contributed by atoms with Gasteiger partial charge in [0.2, 0.25) is 0 Å². The highest BCUT2D eigenvalue weighted by Gasteiger charge is 2.60. The SMILES string of the molecule is CC1(C)[C@@H]2CC[C@@]1(C)/C(=N/NC(=O)CN1C(=O)COc3ccc([N+](=O)[O-])cc31)C2. The summed E-state index contributed by atoms with van der Waals surface area (Å²) in [6.07, 6.45) is 3.10. The number of hydrogen-bond acceptors (Lipinski definition) is 6. The summed E-state index contributed by atoms with van der Waals surface area (Å²) in [5.41, 5.74) is 3.74. The van der Waals surface area contributed by atoms with E-state index in [1.165, 1.54) is 29.5 Å². The molecular formula is C20H24N4O5. The third-order valence-corrected chi connectivity index (χ3v) is 7.23. The number of non-ortho nitro benzene ring substituents is 1. The third kappa shape index (κ3) is 2.95. The van der Waals surface area contributed by atoms with Gasteiger partial charge >= 0.3 is 0 Å². The molecule has 1 aromatic carbocycles. The van der Waals surface area contributed by atoms with Crippen molar-refractivity contribution in [3.05, 3.63) is 28.3 Å². The highest BCUT2D eigenvalue weighted by molar-refractivity contribution is 6.03. The van der Waals surface area contributed by atoms with Crippen molar-refractivity contribution in [1.29, 1.82) is 0 Å². The number of amides is 2. The molecular weight excluding hydrogens is 376 g/mol. The number of nitrogens with one attached hydrogen (secondary N) is 1. The molecule has 2 atom stereocenters. The van der Waals surface area contributed by atoms with Crippen molar-refractivity contribution in [2.45, 2.75) is 40.0 Å². The molecule has 2 saturated carbocycles. The predicted molar refractivity (Wildman–Crippen MR) is 106 cm³/mol. The molecule has 0 unspecified atom stereocenters. The summed E-state index contributed by atoms with van der Waals surface area (Å²) in [7, 11) is 0. The third-order valence-electron chi connectivity index (χ3n) is 7.23. The van der Waals surface area contributed by atoms with Gasteiger partial charge in [0.25, 0.3) is 17.5 Å². The van der Waals surface area contributed by atoms with Gasteiger partial charge in [-0.05, 0) is 36.7 Å². The van der Waals surface area contributed by atoms with E-state index in [9.17, 15) is 19.7 Å². The van der Waals surface area contributed by atoms with Gasteiger partial charge in [0, 0.05) is 23.3 Å². The number of hydrazone groups is 1. The Kier molecular flexibility index (Phi) is 4.36. The van der Waals surface area contributed by atoms with Gasteiger partial charge in [-0.25, -0.2) is 5.43 Å². The van der Waals surface area contributed by atoms with Gasteiger partial charge in [-0.3, -0.25) is 24.6 Å². The van der Waals surface area contributed by atoms with Gasteiger partial charge in [0.15, 0.2) is 6.61 Å². The van der Waals surface area contributed by atoms with E-state index in [1.54, 1.807) is 0 Å². The number of carbonyl (C=O) groups is 2. The molecule has 0 aromatic heterocycles. The maximum Gasteiger partial charge on any atom is 0.271 e. The predicted octanol–water partition coefficient (Wildman–Crippen LogP) is 2.64. The molecule has 1 aromatic rings. The highest BCUT2D eigenvalue weighted by Crippen LogP contribution is 2.63. The first-order chi connectivity index (χ1) is 13.6. The Morgan fingerprint density at radius 2 is 2.17 bits per heavy atom. The van der Waals surface area contributed by atoms with E-state index in [-0.39, 0.29) is 35.4 Å². The Morgan fingerprint density at radius 3 is 2.79 bits per heavy atom. The number of nitrogens with zero attached hydrogens (tertiary/aromatic N) is 3. The van der Waals surface area contributed by atoms with E-state index >= 15 is 0 Å². The smallest absolute Gasteiger partial charge is 0.271 e. The number of benzene rings is 1. The first kappa shape index (κ1) is 19.4. The van der Waals surface area contributed by atoms with Gasteiger partial charge in [0.05, 0.1) is 10.6 Å². The standard InChI is InChI=1S/C20H24N4O5/c1-19(2)12-6-7-20(19,3)16(8-12)21-22-17(25)10-23-14-9-13(24(27)28)4-5-15(14)29-11-18(23)26/h4-5,9,12H,6-8,10-11H2,1-3H3,(H,22,25)/b21-16+/t12-,20+/m1/s1. The number of nitro benzene ring substituents is 1. The minimum absolute atomic E-state index is 0.0348. The van der Waals surface area contributed by atoms with Crippen molar-refractivity contribution in [1.82, 2.24) is 5.43 Å². The Bertz CT molecular complexity index is 941. The second-order valence-electron chi connectivity index (χ2n) is 8.76. The molecule has 0 spiro atoms. The fourth-order valence-corrected chi connectivity index (χ4v) is 4.88. The molecule has 0 radical (unpaired) electrons. The van der Waals surface area contributed by atoms with Crippen LogP contribution < -0.4 is 15.1 Å². The highest BCUT2D eigenvalue weighted by atomic mass is 16.6. The summed E-state index contributed by atoms with van der Waals surface area (Å²) < 4.78 is 5.32. The molecule has 29 heavy (non-hydrogen) atoms. The van der Waals surface area contributed by atoms with Crippen LogP contribution in [0.25, 0.3) is 0 Å². The molecule has 2 fully saturated rings. The van der Waals surface area contributed by atoms with Crippen molar-refractivity contribution in [3.8, 4) is 5.75 Å². The van der Waals surface area contributed by atoms with Gasteiger partial charge in [0.1, 0.15) is 12.3 Å². The van der Waals surface area contributed by atoms with E-state index < -0.39 is 16.7 Å². The van der Waals surface area contributed by atoms with Crippen LogP contribution in [0.1, 0.15) is 40.0 Å². The summed E-state index contributed by atoms with van der Waals surface area (Å²) in [6.45, 7) is 6.21. The molecule has 0 saturated heterocycles. The van der Waals surface area contributed by atoms with E-state index in [0.717, 1.165) is 18.6 Å². The monoisotopic (exact) mass is 400 g/mol. The van der Waals surface area contributed by atoms with E-state index in [0.29, 0.717) is 11.7 Å². The van der Waals surface area contributed by atoms with Gasteiger partial charge in [-0.2, -0.15) is 5.10 Å². The first-order valence-corrected chi connectivity index (χ1v) is 9.71. The van der Waals surface area contributed by atoms with Crippen LogP contribution >= 0.6 is 0 Å². The molecule has 154 valence electrons. The second-order valence-corrected chi connectivity index (χ2v) is 8.76. The van der Waals surface area contributed by atoms with Crippen LogP contribution in [0.2, 0.25) is 0 Å². The maximum absolute atomic E-state index is 12.5. The van der Waals surface area contributed by atoms with E-state index in [1.807, 2.05) is 0 Å². The molecule has 4 rings (SSSR count). The van der Waals surface area contributed by atoms with Crippen molar-refractivity contribution in [2.75, 3.05) is 18.1 Å². The number of fused-ring (bicyclic) bond motifs is 3. The lowest BCUT2D eigenvalue weighted by molar-refractivity contribution is -0.384. The number of carbonyl (C=O) groups excluding carboxylic acids is 2. The van der Waals surface area contributed by atoms with Crippen LogP contribution in [-0.2, 0) is 9.59 Å². The number of hydrogen-bond donors (Lipinski definition) is 1. The quantitative estimate of drug-likeness (QED) is 0.616. The number of anilines is 1. The minimum Gasteiger partial charge on any atom is -0.482 e. The summed E-state index contributed by atoms with van der Waals surface area (Å²) in [5, 5.41) is 15.5. The molecule has 1 heterocycles. The molecule has 1 aliphatic heterocycles. The Labute approximate surface area is 168 Å². The topological polar surface area (TPSA) is 114 Å². The van der Waals surface area contributed by atoms with Crippen molar-refractivity contribution in [2.24, 2.45) is 21.8 Å². The fourth-order valence-electron chi connectivity index (χ4n) is 4.88. The Morgan fingerprint density at radius 1 is 1.41 bits per heavy atom. The zero-order valence-corrected chi connectivity index (χ0v) is 16.7. The first-order valence-electron chi connectivity index (χ1n) is 9.71. The van der Waals surface area contributed by atoms with Crippen LogP contribution in [0.3, 0.4) is 0 Å². The van der Waals surface area contributed by atoms with Crippen LogP contribution in [0.5, 0.6) is 5.75 Å². The average molecular weight is 400 g/mol. The normalized spacial score (nSPS) is 28.2. The van der Waals surface area contributed by atoms with Crippen LogP contribution in [0.15, 0.2) is 23.3 Å². The molecule has 2 aliphatic carbocycles. The number of ether oxygens (including phenoxy) is 1. The molecule has 2 bridgehead atoms. The Balaban J connectivity index is 1.50. The number of rotatable bonds is 4. The van der Waals surface area contributed by atoms with Gasteiger partial charge in [-0.1, -0.05) is 20.8 Å². The van der Waals surface area contributed by atoms with Crippen molar-refractivity contribution < 1.29 is 19.2 Å². The summed E-state index contributed by atoms with van der Waals surface area (Å²) in [4.78, 5) is 36.5. The largest absolute Gasteiger partial charge is 0.482 e. The maximum atomic E-state index is 12.5. The van der Waals surface area contributed by atoms with E-state index in [4.69, 9.17) is 4.74 Å². The molecule has 9 nitrogen and oxygen atoms in total. The van der Waals surface area contributed by atoms with Crippen LogP contribution in [-0.4, -0.2) is 35.6 Å². The fraction of sp³-hybridized carbons (Fsp3) is 0.550. The summed E-state index contributed by atoms with van der Waals surface area (Å²) in [6, 6.07) is 3.98. The second kappa shape index (κ2) is 6.53. The van der Waals surface area contributed by atoms with Crippen LogP contribution in [0, 0.1) is 26.9 Å². The lowest BCUT2D eigenvalue weighted by Crippen LogP contribution is -2.44. The lowest BCUT2D eigenvalue weighted by Gasteiger charge is -2.34. The Hall–Kier alpha value is -2.97. The zero-order valence-electron chi connectivity index (χ0n) is 16.7. The van der Waals surface area contributed by atoms with Crippen LogP contribution in [0.4, 0.5) is 11.4 Å². The molecule has 2 amide bonds. The average Bonchev–Trinajstić information content (AvgIpc) is 3.01. The number of nitro groups is 1. The summed E-state index contributed by atoms with van der Waals surface area (Å²) >= 11 is 0. The zero-order chi connectivity index (χ0) is 21.0. The van der Waals surface area contributed by atoms with Gasteiger partial charge in [-0.15, -0.1) is 0 Å². The lowest BCUT2D eigenvalue weighted by atomic mass is 9.70.